The number of para-hydroxylation sites is 2. The van der Waals surface area contributed by atoms with E-state index in [1.165, 1.54) is 11.8 Å². The van der Waals surface area contributed by atoms with Gasteiger partial charge in [-0.15, -0.1) is 0 Å². The number of thioether (sulfide) groups is 1. The summed E-state index contributed by atoms with van der Waals surface area (Å²) < 4.78 is 9.74. The minimum absolute atomic E-state index is 0.240. The summed E-state index contributed by atoms with van der Waals surface area (Å²) in [4.78, 5) is 18.9. The number of methoxy groups -OCH3 is 1. The summed E-state index contributed by atoms with van der Waals surface area (Å²) in [6, 6.07) is 7.74. The number of imidazole rings is 1. The number of fused-ring (bicyclic) bond motifs is 1. The van der Waals surface area contributed by atoms with Crippen molar-refractivity contribution in [2.45, 2.75) is 5.16 Å². The Labute approximate surface area is 109 Å². The molecule has 0 unspecified atom stereocenters. The highest BCUT2D eigenvalue weighted by atomic mass is 32.2. The normalized spacial score (nSPS) is 10.7. The van der Waals surface area contributed by atoms with E-state index in [0.29, 0.717) is 6.61 Å². The first-order valence-corrected chi connectivity index (χ1v) is 6.50. The number of nitrogens with zero attached hydrogens (tertiary/aromatic N) is 1. The number of rotatable bonds is 6. The average molecular weight is 266 g/mol. The van der Waals surface area contributed by atoms with Crippen LogP contribution in [0.5, 0.6) is 0 Å². The maximum Gasteiger partial charge on any atom is 0.316 e. The fourth-order valence-corrected chi connectivity index (χ4v) is 2.09. The van der Waals surface area contributed by atoms with Gasteiger partial charge in [0.05, 0.1) is 23.4 Å². The third kappa shape index (κ3) is 3.48. The third-order valence-electron chi connectivity index (χ3n) is 2.24. The van der Waals surface area contributed by atoms with E-state index in [1.54, 1.807) is 7.11 Å². The highest BCUT2D eigenvalue weighted by molar-refractivity contribution is 7.99. The van der Waals surface area contributed by atoms with Gasteiger partial charge in [-0.2, -0.15) is 0 Å². The maximum atomic E-state index is 11.4. The number of carbonyl (C=O) groups is 1. The molecule has 18 heavy (non-hydrogen) atoms. The molecular formula is C12H14N2O3S. The van der Waals surface area contributed by atoms with Gasteiger partial charge in [-0.1, -0.05) is 23.9 Å². The molecule has 0 aliphatic carbocycles. The molecule has 1 aromatic heterocycles. The molecule has 1 N–H and O–H groups in total. The number of aromatic amines is 1. The Bertz CT molecular complexity index is 494. The van der Waals surface area contributed by atoms with E-state index in [1.807, 2.05) is 24.3 Å². The third-order valence-corrected chi connectivity index (χ3v) is 3.09. The highest BCUT2D eigenvalue weighted by Crippen LogP contribution is 2.18. The van der Waals surface area contributed by atoms with Crippen LogP contribution >= 0.6 is 11.8 Å². The van der Waals surface area contributed by atoms with Gasteiger partial charge in [-0.05, 0) is 12.1 Å². The van der Waals surface area contributed by atoms with Gasteiger partial charge in [-0.25, -0.2) is 4.98 Å². The predicted molar refractivity (Wildman–Crippen MR) is 69.7 cm³/mol. The molecule has 0 fully saturated rings. The second kappa shape index (κ2) is 6.42. The number of aromatic nitrogens is 2. The summed E-state index contributed by atoms with van der Waals surface area (Å²) >= 11 is 1.33. The number of hydrogen-bond donors (Lipinski definition) is 1. The van der Waals surface area contributed by atoms with Crippen LogP contribution in [0.1, 0.15) is 0 Å². The molecule has 0 spiro atoms. The summed E-state index contributed by atoms with van der Waals surface area (Å²) in [6.45, 7) is 0.705. The lowest BCUT2D eigenvalue weighted by Gasteiger charge is -2.02. The molecule has 2 rings (SSSR count). The van der Waals surface area contributed by atoms with Crippen molar-refractivity contribution in [2.75, 3.05) is 26.1 Å². The molecule has 6 heteroatoms. The fraction of sp³-hybridized carbons (Fsp3) is 0.333. The summed E-state index contributed by atoms with van der Waals surface area (Å²) in [6.07, 6.45) is 0. The molecule has 0 atom stereocenters. The lowest BCUT2D eigenvalue weighted by Crippen LogP contribution is -2.11. The van der Waals surface area contributed by atoms with Crippen LogP contribution in [0.15, 0.2) is 29.4 Å². The van der Waals surface area contributed by atoms with E-state index in [9.17, 15) is 4.79 Å². The van der Waals surface area contributed by atoms with E-state index < -0.39 is 0 Å². The molecule has 0 amide bonds. The zero-order chi connectivity index (χ0) is 12.8. The van der Waals surface area contributed by atoms with E-state index in [-0.39, 0.29) is 18.3 Å². The van der Waals surface area contributed by atoms with Crippen molar-refractivity contribution in [1.29, 1.82) is 0 Å². The fourth-order valence-electron chi connectivity index (χ4n) is 1.41. The molecule has 96 valence electrons. The highest BCUT2D eigenvalue weighted by Gasteiger charge is 2.07. The number of benzene rings is 1. The van der Waals surface area contributed by atoms with Crippen LogP contribution in [0.2, 0.25) is 0 Å². The first-order valence-electron chi connectivity index (χ1n) is 5.51. The molecule has 0 saturated heterocycles. The van der Waals surface area contributed by atoms with Crippen molar-refractivity contribution >= 4 is 28.8 Å². The van der Waals surface area contributed by atoms with Crippen molar-refractivity contribution in [2.24, 2.45) is 0 Å². The van der Waals surface area contributed by atoms with Gasteiger partial charge in [0, 0.05) is 7.11 Å². The number of ether oxygens (including phenoxy) is 2. The van der Waals surface area contributed by atoms with Gasteiger partial charge in [0.1, 0.15) is 6.61 Å². The quantitative estimate of drug-likeness (QED) is 0.491. The summed E-state index contributed by atoms with van der Waals surface area (Å²) in [5, 5.41) is 0.722. The Kier molecular flexibility index (Phi) is 4.60. The Hall–Kier alpha value is -1.53. The monoisotopic (exact) mass is 266 g/mol. The van der Waals surface area contributed by atoms with Crippen molar-refractivity contribution in [1.82, 2.24) is 9.97 Å². The second-order valence-electron chi connectivity index (χ2n) is 3.56. The first kappa shape index (κ1) is 12.9. The van der Waals surface area contributed by atoms with E-state index in [2.05, 4.69) is 9.97 Å². The van der Waals surface area contributed by atoms with Crippen LogP contribution in [0.4, 0.5) is 0 Å². The van der Waals surface area contributed by atoms with E-state index in [0.717, 1.165) is 16.2 Å². The van der Waals surface area contributed by atoms with Crippen molar-refractivity contribution < 1.29 is 14.3 Å². The van der Waals surface area contributed by atoms with E-state index >= 15 is 0 Å². The number of esters is 1. The lowest BCUT2D eigenvalue weighted by molar-refractivity contribution is -0.141. The lowest BCUT2D eigenvalue weighted by atomic mass is 10.3. The molecular weight excluding hydrogens is 252 g/mol. The standard InChI is InChI=1S/C12H14N2O3S/c1-16-6-7-17-11(15)8-18-12-13-9-4-2-3-5-10(9)14-12/h2-5H,6-8H2,1H3,(H,13,14). The molecule has 0 aliphatic heterocycles. The molecule has 1 aromatic carbocycles. The second-order valence-corrected chi connectivity index (χ2v) is 4.53. The van der Waals surface area contributed by atoms with Gasteiger partial charge < -0.3 is 14.5 Å². The van der Waals surface area contributed by atoms with Crippen molar-refractivity contribution in [3.05, 3.63) is 24.3 Å². The van der Waals surface area contributed by atoms with Crippen molar-refractivity contribution in [3.8, 4) is 0 Å². The van der Waals surface area contributed by atoms with Crippen LogP contribution in [-0.2, 0) is 14.3 Å². The number of hydrogen-bond acceptors (Lipinski definition) is 5. The number of nitrogens with one attached hydrogen (secondary N) is 1. The summed E-state index contributed by atoms with van der Waals surface area (Å²) in [7, 11) is 1.57. The molecule has 1 heterocycles. The SMILES string of the molecule is COCCOC(=O)CSc1nc2ccccc2[nH]1. The van der Waals surface area contributed by atoms with Gasteiger partial charge >= 0.3 is 5.97 Å². The van der Waals surface area contributed by atoms with Gasteiger partial charge in [0.15, 0.2) is 5.16 Å². The van der Waals surface area contributed by atoms with Crippen molar-refractivity contribution in [3.63, 3.8) is 0 Å². The Morgan fingerprint density at radius 3 is 3.00 bits per heavy atom. The Balaban J connectivity index is 1.84. The van der Waals surface area contributed by atoms with Crippen LogP contribution < -0.4 is 0 Å². The smallest absolute Gasteiger partial charge is 0.316 e. The van der Waals surface area contributed by atoms with Gasteiger partial charge in [-0.3, -0.25) is 4.79 Å². The van der Waals surface area contributed by atoms with Crippen LogP contribution in [-0.4, -0.2) is 42.0 Å². The molecule has 5 nitrogen and oxygen atoms in total. The van der Waals surface area contributed by atoms with Crippen LogP contribution in [0.25, 0.3) is 11.0 Å². The van der Waals surface area contributed by atoms with Crippen LogP contribution in [0.3, 0.4) is 0 Å². The first-order chi connectivity index (χ1) is 8.79. The Morgan fingerprint density at radius 2 is 2.22 bits per heavy atom. The van der Waals surface area contributed by atoms with Crippen LogP contribution in [0, 0.1) is 0 Å². The number of carbonyl (C=O) groups excluding carboxylic acids is 1. The molecule has 2 aromatic rings. The minimum Gasteiger partial charge on any atom is -0.463 e. The predicted octanol–water partition coefficient (Wildman–Crippen LogP) is 1.84. The van der Waals surface area contributed by atoms with Gasteiger partial charge in [0.25, 0.3) is 0 Å². The summed E-state index contributed by atoms with van der Waals surface area (Å²) in [5.41, 5.74) is 1.86. The Morgan fingerprint density at radius 1 is 1.39 bits per heavy atom. The molecule has 0 bridgehead atoms. The zero-order valence-corrected chi connectivity index (χ0v) is 10.8. The summed E-state index contributed by atoms with van der Waals surface area (Å²) in [5.74, 6) is -0.0266. The average Bonchev–Trinajstić information content (AvgIpc) is 2.79. The van der Waals surface area contributed by atoms with Gasteiger partial charge in [0.2, 0.25) is 0 Å². The zero-order valence-electron chi connectivity index (χ0n) is 10.0. The topological polar surface area (TPSA) is 64.2 Å². The maximum absolute atomic E-state index is 11.4. The number of H-pyrrole nitrogens is 1. The molecule has 0 aliphatic rings. The minimum atomic E-state index is -0.266. The molecule has 0 saturated carbocycles. The largest absolute Gasteiger partial charge is 0.463 e. The molecule has 0 radical (unpaired) electrons. The van der Waals surface area contributed by atoms with E-state index in [4.69, 9.17) is 9.47 Å².